The number of aryl methyl sites for hydroxylation is 1. The molecule has 0 heterocycles. The Labute approximate surface area is 147 Å². The number of anilines is 1. The fraction of sp³-hybridized carbons (Fsp3) is 0.263. The summed E-state index contributed by atoms with van der Waals surface area (Å²) in [5, 5.41) is 3.36. The van der Waals surface area contributed by atoms with Gasteiger partial charge in [-0.1, -0.05) is 42.8 Å². The van der Waals surface area contributed by atoms with Crippen LogP contribution in [0.25, 0.3) is 0 Å². The van der Waals surface area contributed by atoms with Gasteiger partial charge in [-0.25, -0.2) is 0 Å². The van der Waals surface area contributed by atoms with E-state index in [0.29, 0.717) is 17.1 Å². The molecule has 0 spiro atoms. The van der Waals surface area contributed by atoms with Crippen LogP contribution in [0.1, 0.15) is 29.3 Å². The van der Waals surface area contributed by atoms with Crippen molar-refractivity contribution in [1.29, 1.82) is 0 Å². The van der Waals surface area contributed by atoms with Crippen LogP contribution in [0.5, 0.6) is 0 Å². The molecule has 0 aliphatic rings. The number of benzene rings is 2. The number of nitrogens with zero attached hydrogens (tertiary/aromatic N) is 1. The highest BCUT2D eigenvalue weighted by Crippen LogP contribution is 2.15. The van der Waals surface area contributed by atoms with Crippen molar-refractivity contribution in [1.82, 2.24) is 4.90 Å². The van der Waals surface area contributed by atoms with Gasteiger partial charge in [-0.15, -0.1) is 0 Å². The summed E-state index contributed by atoms with van der Waals surface area (Å²) in [5.74, 6) is -0.410. The predicted molar refractivity (Wildman–Crippen MR) is 97.5 cm³/mol. The van der Waals surface area contributed by atoms with Crippen LogP contribution in [0.4, 0.5) is 5.69 Å². The van der Waals surface area contributed by atoms with E-state index < -0.39 is 0 Å². The van der Waals surface area contributed by atoms with Crippen LogP contribution >= 0.6 is 11.6 Å². The molecule has 2 rings (SSSR count). The van der Waals surface area contributed by atoms with E-state index in [9.17, 15) is 9.59 Å². The average molecular weight is 345 g/mol. The molecule has 2 aromatic rings. The van der Waals surface area contributed by atoms with Crippen molar-refractivity contribution < 1.29 is 9.59 Å². The van der Waals surface area contributed by atoms with Gasteiger partial charge in [0.05, 0.1) is 0 Å². The summed E-state index contributed by atoms with van der Waals surface area (Å²) in [6.45, 7) is 4.41. The van der Waals surface area contributed by atoms with Crippen LogP contribution in [0, 0.1) is 6.92 Å². The van der Waals surface area contributed by atoms with Gasteiger partial charge < -0.3 is 10.2 Å². The van der Waals surface area contributed by atoms with Gasteiger partial charge >= 0.3 is 0 Å². The number of hydrogen-bond donors (Lipinski definition) is 1. The molecule has 0 aromatic heterocycles. The van der Waals surface area contributed by atoms with Gasteiger partial charge in [0.15, 0.2) is 0 Å². The second-order valence-corrected chi connectivity index (χ2v) is 6.04. The normalized spacial score (nSPS) is 10.3. The van der Waals surface area contributed by atoms with Gasteiger partial charge in [-0.05, 0) is 43.2 Å². The molecule has 4 nitrogen and oxygen atoms in total. The van der Waals surface area contributed by atoms with Crippen LogP contribution < -0.4 is 5.32 Å². The maximum atomic E-state index is 12.6. The summed E-state index contributed by atoms with van der Waals surface area (Å²) in [6.07, 6.45) is 0.768. The molecule has 24 heavy (non-hydrogen) atoms. The Balaban J connectivity index is 2.09. The Morgan fingerprint density at radius 3 is 2.54 bits per heavy atom. The van der Waals surface area contributed by atoms with E-state index >= 15 is 0 Å². The summed E-state index contributed by atoms with van der Waals surface area (Å²) >= 11 is 5.95. The Kier molecular flexibility index (Phi) is 6.38. The standard InChI is InChI=1S/C19H21ClN2O2/c1-3-11-22(19(24)15-8-6-9-16(20)12-15)13-18(23)21-17-10-5-4-7-14(17)2/h4-10,12H,3,11,13H2,1-2H3,(H,21,23). The summed E-state index contributed by atoms with van der Waals surface area (Å²) < 4.78 is 0. The van der Waals surface area contributed by atoms with Gasteiger partial charge in [-0.2, -0.15) is 0 Å². The third kappa shape index (κ3) is 4.83. The van der Waals surface area contributed by atoms with E-state index in [0.717, 1.165) is 17.7 Å². The SMILES string of the molecule is CCCN(CC(=O)Nc1ccccc1C)C(=O)c1cccc(Cl)c1. The molecule has 0 saturated heterocycles. The summed E-state index contributed by atoms with van der Waals surface area (Å²) in [6, 6.07) is 14.3. The smallest absolute Gasteiger partial charge is 0.254 e. The molecular weight excluding hydrogens is 324 g/mol. The Bertz CT molecular complexity index is 731. The lowest BCUT2D eigenvalue weighted by Crippen LogP contribution is -2.38. The largest absolute Gasteiger partial charge is 0.329 e. The van der Waals surface area contributed by atoms with Gasteiger partial charge in [0.25, 0.3) is 5.91 Å². The topological polar surface area (TPSA) is 49.4 Å². The first-order valence-corrected chi connectivity index (χ1v) is 8.29. The van der Waals surface area contributed by atoms with E-state index in [1.807, 2.05) is 38.1 Å². The van der Waals surface area contributed by atoms with Gasteiger partial charge in [-0.3, -0.25) is 9.59 Å². The van der Waals surface area contributed by atoms with Gasteiger partial charge in [0.1, 0.15) is 6.54 Å². The zero-order valence-corrected chi connectivity index (χ0v) is 14.6. The number of rotatable bonds is 6. The second-order valence-electron chi connectivity index (χ2n) is 5.60. The maximum absolute atomic E-state index is 12.6. The quantitative estimate of drug-likeness (QED) is 0.856. The lowest BCUT2D eigenvalue weighted by molar-refractivity contribution is -0.116. The molecule has 0 saturated carbocycles. The fourth-order valence-electron chi connectivity index (χ4n) is 2.40. The number of halogens is 1. The fourth-order valence-corrected chi connectivity index (χ4v) is 2.59. The Morgan fingerprint density at radius 1 is 1.12 bits per heavy atom. The molecular formula is C19H21ClN2O2. The molecule has 0 radical (unpaired) electrons. The van der Waals surface area contributed by atoms with E-state index in [2.05, 4.69) is 5.32 Å². The molecule has 0 aliphatic heterocycles. The van der Waals surface area contributed by atoms with Crippen LogP contribution in [-0.4, -0.2) is 29.8 Å². The van der Waals surface area contributed by atoms with Crippen molar-refractivity contribution in [2.45, 2.75) is 20.3 Å². The molecule has 0 bridgehead atoms. The average Bonchev–Trinajstić information content (AvgIpc) is 2.56. The molecule has 0 aliphatic carbocycles. The zero-order valence-electron chi connectivity index (χ0n) is 13.9. The highest BCUT2D eigenvalue weighted by Gasteiger charge is 2.18. The second kappa shape index (κ2) is 8.50. The van der Waals surface area contributed by atoms with E-state index in [1.54, 1.807) is 29.2 Å². The molecule has 5 heteroatoms. The molecule has 0 unspecified atom stereocenters. The number of nitrogens with one attached hydrogen (secondary N) is 1. The first kappa shape index (κ1) is 18.0. The van der Waals surface area contributed by atoms with Crippen LogP contribution in [0.3, 0.4) is 0 Å². The summed E-state index contributed by atoms with van der Waals surface area (Å²) in [5.41, 5.74) is 2.22. The van der Waals surface area contributed by atoms with E-state index in [-0.39, 0.29) is 18.4 Å². The number of para-hydroxylation sites is 1. The van der Waals surface area contributed by atoms with Gasteiger partial charge in [0, 0.05) is 22.8 Å². The third-order valence-electron chi connectivity index (χ3n) is 3.61. The zero-order chi connectivity index (χ0) is 17.5. The molecule has 0 fully saturated rings. The van der Waals surface area contributed by atoms with E-state index in [1.165, 1.54) is 0 Å². The number of carbonyl (C=O) groups is 2. The molecule has 2 amide bonds. The number of amides is 2. The molecule has 1 N–H and O–H groups in total. The van der Waals surface area contributed by atoms with Crippen LogP contribution in [0.2, 0.25) is 5.02 Å². The van der Waals surface area contributed by atoms with Crippen molar-refractivity contribution in [2.24, 2.45) is 0 Å². The minimum atomic E-state index is -0.215. The predicted octanol–water partition coefficient (Wildman–Crippen LogP) is 4.14. The monoisotopic (exact) mass is 344 g/mol. The third-order valence-corrected chi connectivity index (χ3v) is 3.84. The summed E-state index contributed by atoms with van der Waals surface area (Å²) in [4.78, 5) is 26.5. The van der Waals surface area contributed by atoms with Crippen molar-refractivity contribution in [3.8, 4) is 0 Å². The van der Waals surface area contributed by atoms with Crippen LogP contribution in [-0.2, 0) is 4.79 Å². The highest BCUT2D eigenvalue weighted by molar-refractivity contribution is 6.31. The Hall–Kier alpha value is -2.33. The number of carbonyl (C=O) groups excluding carboxylic acids is 2. The lowest BCUT2D eigenvalue weighted by atomic mass is 10.2. The minimum absolute atomic E-state index is 0.00746. The van der Waals surface area contributed by atoms with Gasteiger partial charge in [0.2, 0.25) is 5.91 Å². The van der Waals surface area contributed by atoms with Crippen LogP contribution in [0.15, 0.2) is 48.5 Å². The minimum Gasteiger partial charge on any atom is -0.329 e. The molecule has 0 atom stereocenters. The molecule has 126 valence electrons. The summed E-state index contributed by atoms with van der Waals surface area (Å²) in [7, 11) is 0. The van der Waals surface area contributed by atoms with E-state index in [4.69, 9.17) is 11.6 Å². The van der Waals surface area contributed by atoms with Crippen molar-refractivity contribution in [3.05, 3.63) is 64.7 Å². The number of hydrogen-bond acceptors (Lipinski definition) is 2. The maximum Gasteiger partial charge on any atom is 0.254 e. The highest BCUT2D eigenvalue weighted by atomic mass is 35.5. The first-order chi connectivity index (χ1) is 11.5. The Morgan fingerprint density at radius 2 is 1.88 bits per heavy atom. The first-order valence-electron chi connectivity index (χ1n) is 7.91. The van der Waals surface area contributed by atoms with Crippen molar-refractivity contribution in [3.63, 3.8) is 0 Å². The van der Waals surface area contributed by atoms with Crippen molar-refractivity contribution >= 4 is 29.1 Å². The molecule has 2 aromatic carbocycles. The van der Waals surface area contributed by atoms with Crippen molar-refractivity contribution in [2.75, 3.05) is 18.4 Å². The lowest BCUT2D eigenvalue weighted by Gasteiger charge is -2.22.